The summed E-state index contributed by atoms with van der Waals surface area (Å²) in [4.78, 5) is 34.0. The van der Waals surface area contributed by atoms with Gasteiger partial charge in [-0.05, 0) is 68.2 Å². The zero-order valence-corrected chi connectivity index (χ0v) is 23.4. The molecule has 2 fully saturated rings. The van der Waals surface area contributed by atoms with Crippen molar-refractivity contribution in [1.29, 1.82) is 0 Å². The summed E-state index contributed by atoms with van der Waals surface area (Å²) in [6.45, 7) is 6.27. The van der Waals surface area contributed by atoms with Gasteiger partial charge in [-0.3, -0.25) is 9.78 Å². The largest absolute Gasteiger partial charge is 0.490 e. The fraction of sp³-hybridized carbons (Fsp3) is 0.516. The number of thiophene rings is 1. The summed E-state index contributed by atoms with van der Waals surface area (Å²) in [7, 11) is 0. The van der Waals surface area contributed by atoms with Gasteiger partial charge < -0.3 is 14.7 Å². The lowest BCUT2D eigenvalue weighted by Gasteiger charge is -2.39. The van der Waals surface area contributed by atoms with E-state index in [4.69, 9.17) is 4.74 Å². The maximum atomic E-state index is 14.1. The standard InChI is InChI=1S/C31H38N2O4S/c1-31(2,3)27-19-25(28(38-27)30(35)36)33(29(34)20-9-5-4-6-10-20)21-13-15-22(16-14-21)37-26-17-18-32-24-12-8-7-11-23(24)26/h7-8,11-12,17-22H,4-6,9-10,13-16H2,1-3H3,(H,35,36)/t21-,22-. The van der Waals surface area contributed by atoms with Gasteiger partial charge in [-0.1, -0.05) is 52.2 Å². The molecule has 0 unspecified atom stereocenters. The van der Waals surface area contributed by atoms with E-state index in [9.17, 15) is 14.7 Å². The van der Waals surface area contributed by atoms with Crippen molar-refractivity contribution in [2.75, 3.05) is 4.90 Å². The zero-order valence-electron chi connectivity index (χ0n) is 22.6. The summed E-state index contributed by atoms with van der Waals surface area (Å²) in [5.74, 6) is -0.0333. The van der Waals surface area contributed by atoms with Crippen LogP contribution < -0.4 is 9.64 Å². The summed E-state index contributed by atoms with van der Waals surface area (Å²) in [6, 6.07) is 11.9. The molecule has 0 saturated heterocycles. The fourth-order valence-electron chi connectivity index (χ4n) is 5.90. The lowest BCUT2D eigenvalue weighted by Crippen LogP contribution is -2.47. The number of ether oxygens (including phenoxy) is 1. The molecule has 2 heterocycles. The number of nitrogens with zero attached hydrogens (tertiary/aromatic N) is 2. The third-order valence-electron chi connectivity index (χ3n) is 8.01. The molecule has 3 aromatic rings. The predicted octanol–water partition coefficient (Wildman–Crippen LogP) is 7.60. The summed E-state index contributed by atoms with van der Waals surface area (Å²) in [5, 5.41) is 11.1. The van der Waals surface area contributed by atoms with Crippen LogP contribution in [0.3, 0.4) is 0 Å². The summed E-state index contributed by atoms with van der Waals surface area (Å²) >= 11 is 1.31. The molecule has 0 radical (unpaired) electrons. The van der Waals surface area contributed by atoms with E-state index in [0.29, 0.717) is 5.69 Å². The normalized spacial score (nSPS) is 20.8. The van der Waals surface area contributed by atoms with E-state index in [1.165, 1.54) is 17.8 Å². The molecule has 2 aliphatic carbocycles. The highest BCUT2D eigenvalue weighted by Gasteiger charge is 2.38. The Kier molecular flexibility index (Phi) is 7.75. The number of aromatic nitrogens is 1. The highest BCUT2D eigenvalue weighted by atomic mass is 32.1. The average Bonchev–Trinajstić information content (AvgIpc) is 3.37. The van der Waals surface area contributed by atoms with Crippen LogP contribution >= 0.6 is 11.3 Å². The van der Waals surface area contributed by atoms with Gasteiger partial charge in [0.25, 0.3) is 0 Å². The van der Waals surface area contributed by atoms with Gasteiger partial charge >= 0.3 is 5.97 Å². The van der Waals surface area contributed by atoms with Crippen LogP contribution in [-0.4, -0.2) is 34.1 Å². The molecule has 5 rings (SSSR count). The third kappa shape index (κ3) is 5.58. The Labute approximate surface area is 229 Å². The number of para-hydroxylation sites is 1. The van der Waals surface area contributed by atoms with Crippen molar-refractivity contribution in [2.24, 2.45) is 5.92 Å². The van der Waals surface area contributed by atoms with Gasteiger partial charge in [0.1, 0.15) is 10.6 Å². The van der Waals surface area contributed by atoms with E-state index >= 15 is 0 Å². The number of hydrogen-bond donors (Lipinski definition) is 1. The molecule has 2 aromatic heterocycles. The summed E-state index contributed by atoms with van der Waals surface area (Å²) in [5.41, 5.74) is 1.31. The van der Waals surface area contributed by atoms with Gasteiger partial charge in [-0.15, -0.1) is 11.3 Å². The Morgan fingerprint density at radius 2 is 1.71 bits per heavy atom. The average molecular weight is 535 g/mol. The Hall–Kier alpha value is -2.93. The van der Waals surface area contributed by atoms with E-state index in [1.807, 2.05) is 41.3 Å². The van der Waals surface area contributed by atoms with Gasteiger partial charge in [-0.25, -0.2) is 4.79 Å². The first-order chi connectivity index (χ1) is 18.2. The molecule has 38 heavy (non-hydrogen) atoms. The van der Waals surface area contributed by atoms with Crippen LogP contribution in [0.25, 0.3) is 10.9 Å². The molecule has 0 spiro atoms. The number of carboxylic acid groups (broad SMARTS) is 1. The minimum Gasteiger partial charge on any atom is -0.490 e. The van der Waals surface area contributed by atoms with Crippen LogP contribution in [0, 0.1) is 5.92 Å². The molecule has 2 aliphatic rings. The number of hydrogen-bond acceptors (Lipinski definition) is 5. The van der Waals surface area contributed by atoms with Gasteiger partial charge in [0, 0.05) is 28.4 Å². The highest BCUT2D eigenvalue weighted by molar-refractivity contribution is 7.14. The van der Waals surface area contributed by atoms with Crippen molar-refractivity contribution in [3.63, 3.8) is 0 Å². The van der Waals surface area contributed by atoms with E-state index < -0.39 is 5.97 Å². The number of carboxylic acids is 1. The Morgan fingerprint density at radius 1 is 1.00 bits per heavy atom. The van der Waals surface area contributed by atoms with E-state index in [2.05, 4.69) is 25.8 Å². The van der Waals surface area contributed by atoms with Crippen LogP contribution in [0.15, 0.2) is 42.6 Å². The zero-order chi connectivity index (χ0) is 26.9. The number of carbonyl (C=O) groups is 2. The molecule has 1 aromatic carbocycles. The quantitative estimate of drug-likeness (QED) is 0.352. The Balaban J connectivity index is 1.40. The molecule has 1 amide bonds. The lowest BCUT2D eigenvalue weighted by molar-refractivity contribution is -0.124. The predicted molar refractivity (Wildman–Crippen MR) is 152 cm³/mol. The number of aromatic carboxylic acids is 1. The first-order valence-electron chi connectivity index (χ1n) is 13.9. The molecule has 6 nitrogen and oxygen atoms in total. The highest BCUT2D eigenvalue weighted by Crippen LogP contribution is 2.42. The van der Waals surface area contributed by atoms with Crippen molar-refractivity contribution in [3.8, 4) is 5.75 Å². The number of benzene rings is 1. The van der Waals surface area contributed by atoms with Crippen LogP contribution in [0.1, 0.15) is 93.1 Å². The van der Waals surface area contributed by atoms with Crippen molar-refractivity contribution >= 4 is 39.8 Å². The molecule has 1 N–H and O–H groups in total. The Morgan fingerprint density at radius 3 is 2.39 bits per heavy atom. The van der Waals surface area contributed by atoms with Gasteiger partial charge in [0.15, 0.2) is 0 Å². The second-order valence-electron chi connectivity index (χ2n) is 11.8. The third-order valence-corrected chi connectivity index (χ3v) is 9.55. The molecular weight excluding hydrogens is 496 g/mol. The second kappa shape index (κ2) is 11.0. The molecule has 2 saturated carbocycles. The van der Waals surface area contributed by atoms with Gasteiger partial charge in [0.2, 0.25) is 5.91 Å². The van der Waals surface area contributed by atoms with Crippen molar-refractivity contribution in [3.05, 3.63) is 52.3 Å². The van der Waals surface area contributed by atoms with E-state index in [1.54, 1.807) is 6.20 Å². The lowest BCUT2D eigenvalue weighted by atomic mass is 9.85. The van der Waals surface area contributed by atoms with Gasteiger partial charge in [-0.2, -0.15) is 0 Å². The molecular formula is C31H38N2O4S. The van der Waals surface area contributed by atoms with Gasteiger partial charge in [0.05, 0.1) is 17.3 Å². The number of pyridine rings is 1. The maximum absolute atomic E-state index is 14.1. The minimum absolute atomic E-state index is 0.0273. The van der Waals surface area contributed by atoms with Crippen LogP contribution in [0.2, 0.25) is 0 Å². The SMILES string of the molecule is CC(C)(C)c1cc(N(C(=O)C2CCCCC2)[C@H]2CC[C@H](Oc3ccnc4ccccc34)CC2)c(C(=O)O)s1. The van der Waals surface area contributed by atoms with Crippen molar-refractivity contribution < 1.29 is 19.4 Å². The van der Waals surface area contributed by atoms with Crippen molar-refractivity contribution in [1.82, 2.24) is 4.98 Å². The monoisotopic (exact) mass is 534 g/mol. The van der Waals surface area contributed by atoms with Crippen LogP contribution in [-0.2, 0) is 10.2 Å². The Bertz CT molecular complexity index is 1290. The van der Waals surface area contributed by atoms with Crippen LogP contribution in [0.5, 0.6) is 5.75 Å². The first-order valence-corrected chi connectivity index (χ1v) is 14.7. The smallest absolute Gasteiger partial charge is 0.348 e. The summed E-state index contributed by atoms with van der Waals surface area (Å²) in [6.07, 6.45) is 10.1. The van der Waals surface area contributed by atoms with E-state index in [0.717, 1.165) is 72.9 Å². The molecule has 0 aliphatic heterocycles. The fourth-order valence-corrected chi connectivity index (χ4v) is 6.94. The maximum Gasteiger partial charge on any atom is 0.348 e. The number of amides is 1. The first kappa shape index (κ1) is 26.7. The number of fused-ring (bicyclic) bond motifs is 1. The number of carbonyl (C=O) groups excluding carboxylic acids is 1. The molecule has 202 valence electrons. The molecule has 0 atom stereocenters. The molecule has 7 heteroatoms. The van der Waals surface area contributed by atoms with Crippen LogP contribution in [0.4, 0.5) is 5.69 Å². The molecule has 0 bridgehead atoms. The number of rotatable bonds is 6. The van der Waals surface area contributed by atoms with E-state index in [-0.39, 0.29) is 34.3 Å². The number of anilines is 1. The van der Waals surface area contributed by atoms with Crippen molar-refractivity contribution in [2.45, 2.75) is 96.1 Å². The topological polar surface area (TPSA) is 79.7 Å². The minimum atomic E-state index is -0.955. The summed E-state index contributed by atoms with van der Waals surface area (Å²) < 4.78 is 6.45. The second-order valence-corrected chi connectivity index (χ2v) is 12.9.